The van der Waals surface area contributed by atoms with Gasteiger partial charge in [-0.2, -0.15) is 0 Å². The van der Waals surface area contributed by atoms with Gasteiger partial charge in [0.2, 0.25) is 0 Å². The van der Waals surface area contributed by atoms with Crippen molar-refractivity contribution in [2.24, 2.45) is 0 Å². The lowest BCUT2D eigenvalue weighted by Crippen LogP contribution is -1.98. The summed E-state index contributed by atoms with van der Waals surface area (Å²) in [5, 5.41) is 0. The summed E-state index contributed by atoms with van der Waals surface area (Å²) in [6.07, 6.45) is 2.35. The lowest BCUT2D eigenvalue weighted by Gasteiger charge is -2.01. The van der Waals surface area contributed by atoms with Crippen molar-refractivity contribution >= 4 is 5.78 Å². The summed E-state index contributed by atoms with van der Waals surface area (Å²) in [5.41, 5.74) is 1.95. The Balaban J connectivity index is 2.48. The molecule has 0 heterocycles. The molecular formula is C13H16O. The van der Waals surface area contributed by atoms with Crippen LogP contribution in [0.2, 0.25) is 0 Å². The van der Waals surface area contributed by atoms with E-state index in [1.54, 1.807) is 0 Å². The zero-order chi connectivity index (χ0) is 10.4. The Labute approximate surface area is 85.5 Å². The quantitative estimate of drug-likeness (QED) is 0.509. The molecule has 0 fully saturated rings. The minimum Gasteiger partial charge on any atom is -0.294 e. The molecule has 0 aromatic heterocycles. The largest absolute Gasteiger partial charge is 0.294 e. The standard InChI is InChI=1S/C13H16O/c1-3-11(2)9-10-13(14)12-7-5-4-6-8-12/h4-8H,2-3,9-10H2,1H3. The minimum atomic E-state index is 0.209. The van der Waals surface area contributed by atoms with Gasteiger partial charge >= 0.3 is 0 Å². The van der Waals surface area contributed by atoms with Gasteiger partial charge in [-0.1, -0.05) is 49.4 Å². The molecule has 0 aliphatic carbocycles. The number of carbonyl (C=O) groups is 1. The van der Waals surface area contributed by atoms with Gasteiger partial charge in [-0.3, -0.25) is 4.79 Å². The molecule has 0 aliphatic heterocycles. The van der Waals surface area contributed by atoms with Crippen LogP contribution >= 0.6 is 0 Å². The molecule has 0 unspecified atom stereocenters. The van der Waals surface area contributed by atoms with E-state index >= 15 is 0 Å². The Kier molecular flexibility index (Phi) is 4.11. The highest BCUT2D eigenvalue weighted by Crippen LogP contribution is 2.10. The zero-order valence-electron chi connectivity index (χ0n) is 8.62. The predicted octanol–water partition coefficient (Wildman–Crippen LogP) is 3.62. The second kappa shape index (κ2) is 5.38. The van der Waals surface area contributed by atoms with Crippen LogP contribution in [0.25, 0.3) is 0 Å². The minimum absolute atomic E-state index is 0.209. The Bertz CT molecular complexity index is 311. The molecule has 0 saturated carbocycles. The van der Waals surface area contributed by atoms with Crippen LogP contribution in [0.15, 0.2) is 42.5 Å². The molecule has 74 valence electrons. The Morgan fingerprint density at radius 1 is 1.21 bits per heavy atom. The molecule has 1 nitrogen and oxygen atoms in total. The van der Waals surface area contributed by atoms with Crippen molar-refractivity contribution in [3.05, 3.63) is 48.0 Å². The number of benzene rings is 1. The summed E-state index contributed by atoms with van der Waals surface area (Å²) < 4.78 is 0. The summed E-state index contributed by atoms with van der Waals surface area (Å²) in [4.78, 5) is 11.6. The van der Waals surface area contributed by atoms with E-state index in [0.29, 0.717) is 6.42 Å². The fraction of sp³-hybridized carbons (Fsp3) is 0.308. The molecule has 0 atom stereocenters. The second-order valence-electron chi connectivity index (χ2n) is 3.39. The third-order valence-electron chi connectivity index (χ3n) is 2.30. The summed E-state index contributed by atoms with van der Waals surface area (Å²) >= 11 is 0. The first-order valence-corrected chi connectivity index (χ1v) is 4.99. The van der Waals surface area contributed by atoms with Gasteiger partial charge < -0.3 is 0 Å². The van der Waals surface area contributed by atoms with E-state index in [2.05, 4.69) is 13.5 Å². The Hall–Kier alpha value is -1.37. The number of allylic oxidation sites excluding steroid dienone is 1. The van der Waals surface area contributed by atoms with Crippen LogP contribution in [0.1, 0.15) is 36.5 Å². The van der Waals surface area contributed by atoms with E-state index in [4.69, 9.17) is 0 Å². The lowest BCUT2D eigenvalue weighted by molar-refractivity contribution is 0.0982. The molecule has 0 bridgehead atoms. The molecule has 0 amide bonds. The SMILES string of the molecule is C=C(CC)CCC(=O)c1ccccc1. The lowest BCUT2D eigenvalue weighted by atomic mass is 10.0. The molecule has 0 saturated heterocycles. The summed E-state index contributed by atoms with van der Waals surface area (Å²) in [6, 6.07) is 9.42. The fourth-order valence-electron chi connectivity index (χ4n) is 1.24. The van der Waals surface area contributed by atoms with Crippen molar-refractivity contribution in [2.75, 3.05) is 0 Å². The van der Waals surface area contributed by atoms with Crippen molar-refractivity contribution in [3.8, 4) is 0 Å². The molecular weight excluding hydrogens is 172 g/mol. The third-order valence-corrected chi connectivity index (χ3v) is 2.30. The van der Waals surface area contributed by atoms with Gasteiger partial charge in [-0.25, -0.2) is 0 Å². The first-order chi connectivity index (χ1) is 6.74. The van der Waals surface area contributed by atoms with Crippen LogP contribution in [-0.2, 0) is 0 Å². The van der Waals surface area contributed by atoms with Crippen LogP contribution < -0.4 is 0 Å². The Morgan fingerprint density at radius 3 is 2.43 bits per heavy atom. The highest BCUT2D eigenvalue weighted by atomic mass is 16.1. The van der Waals surface area contributed by atoms with Crippen molar-refractivity contribution in [3.63, 3.8) is 0 Å². The number of ketones is 1. The maximum absolute atomic E-state index is 11.6. The maximum Gasteiger partial charge on any atom is 0.163 e. The molecule has 1 aromatic carbocycles. The normalized spacial score (nSPS) is 9.79. The van der Waals surface area contributed by atoms with Gasteiger partial charge in [-0.15, -0.1) is 0 Å². The van der Waals surface area contributed by atoms with Crippen molar-refractivity contribution < 1.29 is 4.79 Å². The van der Waals surface area contributed by atoms with E-state index < -0.39 is 0 Å². The molecule has 0 radical (unpaired) electrons. The van der Waals surface area contributed by atoms with Gasteiger partial charge in [0.05, 0.1) is 0 Å². The van der Waals surface area contributed by atoms with Crippen molar-refractivity contribution in [2.45, 2.75) is 26.2 Å². The van der Waals surface area contributed by atoms with E-state index in [1.165, 1.54) is 0 Å². The van der Waals surface area contributed by atoms with Crippen LogP contribution in [0.3, 0.4) is 0 Å². The Morgan fingerprint density at radius 2 is 1.86 bits per heavy atom. The number of carbonyl (C=O) groups excluding carboxylic acids is 1. The number of Topliss-reactive ketones (excluding diaryl/α,β-unsaturated/α-hetero) is 1. The third kappa shape index (κ3) is 3.17. The van der Waals surface area contributed by atoms with Gasteiger partial charge in [0.15, 0.2) is 5.78 Å². The van der Waals surface area contributed by atoms with E-state index in [9.17, 15) is 4.79 Å². The van der Waals surface area contributed by atoms with Gasteiger partial charge in [0.1, 0.15) is 0 Å². The first-order valence-electron chi connectivity index (χ1n) is 4.99. The van der Waals surface area contributed by atoms with Gasteiger partial charge in [0, 0.05) is 12.0 Å². The highest BCUT2D eigenvalue weighted by Gasteiger charge is 2.04. The molecule has 0 spiro atoms. The van der Waals surface area contributed by atoms with Crippen LogP contribution in [-0.4, -0.2) is 5.78 Å². The summed E-state index contributed by atoms with van der Waals surface area (Å²) in [6.45, 7) is 5.95. The molecule has 14 heavy (non-hydrogen) atoms. The first kappa shape index (κ1) is 10.7. The van der Waals surface area contributed by atoms with Gasteiger partial charge in [0.25, 0.3) is 0 Å². The fourth-order valence-corrected chi connectivity index (χ4v) is 1.24. The molecule has 0 aliphatic rings. The predicted molar refractivity (Wildman–Crippen MR) is 59.4 cm³/mol. The topological polar surface area (TPSA) is 17.1 Å². The van der Waals surface area contributed by atoms with Crippen molar-refractivity contribution in [1.29, 1.82) is 0 Å². The average molecular weight is 188 g/mol. The number of hydrogen-bond acceptors (Lipinski definition) is 1. The molecule has 1 heteroatoms. The molecule has 1 aromatic rings. The second-order valence-corrected chi connectivity index (χ2v) is 3.39. The van der Waals surface area contributed by atoms with Gasteiger partial charge in [-0.05, 0) is 12.8 Å². The van der Waals surface area contributed by atoms with Crippen LogP contribution in [0.5, 0.6) is 0 Å². The zero-order valence-corrected chi connectivity index (χ0v) is 8.62. The van der Waals surface area contributed by atoms with Crippen molar-refractivity contribution in [1.82, 2.24) is 0 Å². The van der Waals surface area contributed by atoms with E-state index in [-0.39, 0.29) is 5.78 Å². The molecule has 0 N–H and O–H groups in total. The summed E-state index contributed by atoms with van der Waals surface area (Å²) in [5.74, 6) is 0.209. The van der Waals surface area contributed by atoms with E-state index in [1.807, 2.05) is 30.3 Å². The highest BCUT2D eigenvalue weighted by molar-refractivity contribution is 5.96. The maximum atomic E-state index is 11.6. The van der Waals surface area contributed by atoms with Crippen LogP contribution in [0.4, 0.5) is 0 Å². The number of hydrogen-bond donors (Lipinski definition) is 0. The van der Waals surface area contributed by atoms with E-state index in [0.717, 1.165) is 24.0 Å². The molecule has 1 rings (SSSR count). The monoisotopic (exact) mass is 188 g/mol. The van der Waals surface area contributed by atoms with Crippen LogP contribution in [0, 0.1) is 0 Å². The summed E-state index contributed by atoms with van der Waals surface area (Å²) in [7, 11) is 0. The number of rotatable bonds is 5. The smallest absolute Gasteiger partial charge is 0.163 e. The average Bonchev–Trinajstić information content (AvgIpc) is 2.26.